The van der Waals surface area contributed by atoms with E-state index < -0.39 is 0 Å². The fourth-order valence-corrected chi connectivity index (χ4v) is 3.97. The first-order valence-electron chi connectivity index (χ1n) is 11.8. The van der Waals surface area contributed by atoms with Crippen molar-refractivity contribution in [1.82, 2.24) is 14.7 Å². The van der Waals surface area contributed by atoms with Crippen molar-refractivity contribution in [2.24, 2.45) is 0 Å². The molecule has 182 valence electrons. The van der Waals surface area contributed by atoms with Gasteiger partial charge in [0.15, 0.2) is 0 Å². The molecule has 0 atom stereocenters. The maximum atomic E-state index is 13.1. The van der Waals surface area contributed by atoms with Crippen LogP contribution < -0.4 is 5.32 Å². The normalized spacial score (nSPS) is 10.9. The number of nitrogens with one attached hydrogen (secondary N) is 1. The third kappa shape index (κ3) is 6.29. The average Bonchev–Trinajstić information content (AvgIpc) is 3.31. The quantitative estimate of drug-likeness (QED) is 0.284. The summed E-state index contributed by atoms with van der Waals surface area (Å²) in [5.74, 6) is -0.0751. The van der Waals surface area contributed by atoms with Crippen molar-refractivity contribution in [2.75, 3.05) is 18.4 Å². The number of halogens is 1. The Morgan fingerprint density at radius 2 is 1.64 bits per heavy atom. The monoisotopic (exact) mass is 498 g/mol. The Kier molecular flexibility index (Phi) is 8.32. The van der Waals surface area contributed by atoms with E-state index in [0.29, 0.717) is 28.8 Å². The number of rotatable bonds is 9. The van der Waals surface area contributed by atoms with Crippen LogP contribution in [0, 0.1) is 0 Å². The molecule has 36 heavy (non-hydrogen) atoms. The van der Waals surface area contributed by atoms with E-state index in [-0.39, 0.29) is 18.4 Å². The van der Waals surface area contributed by atoms with E-state index in [1.54, 1.807) is 22.9 Å². The number of amides is 2. The minimum atomic E-state index is -0.322. The second-order valence-electron chi connectivity index (χ2n) is 8.20. The lowest BCUT2D eigenvalue weighted by atomic mass is 10.1. The summed E-state index contributed by atoms with van der Waals surface area (Å²) >= 11 is 6.44. The van der Waals surface area contributed by atoms with Crippen LogP contribution in [-0.2, 0) is 9.59 Å². The van der Waals surface area contributed by atoms with Crippen LogP contribution in [0.2, 0.25) is 5.02 Å². The molecule has 0 saturated heterocycles. The molecule has 0 radical (unpaired) electrons. The maximum absolute atomic E-state index is 13.1. The predicted octanol–water partition coefficient (Wildman–Crippen LogP) is 6.08. The zero-order chi connectivity index (χ0) is 25.3. The summed E-state index contributed by atoms with van der Waals surface area (Å²) in [7, 11) is 0. The number of carbonyl (C=O) groups is 2. The van der Waals surface area contributed by atoms with E-state index in [4.69, 9.17) is 16.7 Å². The second-order valence-corrected chi connectivity index (χ2v) is 8.60. The summed E-state index contributed by atoms with van der Waals surface area (Å²) in [6, 6.07) is 28.4. The van der Waals surface area contributed by atoms with E-state index >= 15 is 0 Å². The molecule has 0 aliphatic carbocycles. The summed E-state index contributed by atoms with van der Waals surface area (Å²) in [5.41, 5.74) is 3.17. The minimum absolute atomic E-state index is 0.0832. The molecule has 0 unspecified atom stereocenters. The SMILES string of the molecule is CCCN(CC(=O)Nc1cc(-c2ccccc2)nn1-c1ccccc1Cl)C(=O)/C=C/c1ccccc1. The average molecular weight is 499 g/mol. The molecule has 0 bridgehead atoms. The number of carbonyl (C=O) groups excluding carboxylic acids is 2. The molecule has 1 N–H and O–H groups in total. The van der Waals surface area contributed by atoms with Gasteiger partial charge in [0, 0.05) is 24.3 Å². The van der Waals surface area contributed by atoms with E-state index in [0.717, 1.165) is 17.5 Å². The molecule has 1 aromatic heterocycles. The molecule has 0 aliphatic heterocycles. The van der Waals surface area contributed by atoms with Gasteiger partial charge in [0.1, 0.15) is 12.4 Å². The molecule has 0 fully saturated rings. The Morgan fingerprint density at radius 1 is 0.972 bits per heavy atom. The van der Waals surface area contributed by atoms with Crippen LogP contribution in [-0.4, -0.2) is 39.6 Å². The highest BCUT2D eigenvalue weighted by molar-refractivity contribution is 6.32. The minimum Gasteiger partial charge on any atom is -0.330 e. The summed E-state index contributed by atoms with van der Waals surface area (Å²) in [4.78, 5) is 27.5. The van der Waals surface area contributed by atoms with Crippen molar-refractivity contribution < 1.29 is 9.59 Å². The van der Waals surface area contributed by atoms with Crippen LogP contribution in [0.25, 0.3) is 23.0 Å². The standard InChI is InChI=1S/C29H27ClN4O2/c1-2-19-33(29(36)18-17-22-11-5-3-6-12-22)21-28(35)31-27-20-25(23-13-7-4-8-14-23)32-34(27)26-16-10-9-15-24(26)30/h3-18,20H,2,19,21H2,1H3,(H,31,35)/b18-17+. The largest absolute Gasteiger partial charge is 0.330 e. The van der Waals surface area contributed by atoms with Crippen molar-refractivity contribution in [2.45, 2.75) is 13.3 Å². The Labute approximate surface area is 215 Å². The molecular weight excluding hydrogens is 472 g/mol. The van der Waals surface area contributed by atoms with E-state index in [2.05, 4.69) is 5.32 Å². The van der Waals surface area contributed by atoms with Gasteiger partial charge in [-0.05, 0) is 30.2 Å². The van der Waals surface area contributed by atoms with Crippen molar-refractivity contribution in [3.8, 4) is 16.9 Å². The first-order chi connectivity index (χ1) is 17.5. The molecule has 0 aliphatic rings. The van der Waals surface area contributed by atoms with E-state index in [1.807, 2.05) is 85.8 Å². The van der Waals surface area contributed by atoms with Crippen LogP contribution in [0.3, 0.4) is 0 Å². The third-order valence-electron chi connectivity index (χ3n) is 5.48. The lowest BCUT2D eigenvalue weighted by molar-refractivity contribution is -0.130. The first-order valence-corrected chi connectivity index (χ1v) is 12.1. The van der Waals surface area contributed by atoms with Crippen molar-refractivity contribution in [3.05, 3.63) is 108 Å². The number of aromatic nitrogens is 2. The van der Waals surface area contributed by atoms with Crippen molar-refractivity contribution in [1.29, 1.82) is 0 Å². The van der Waals surface area contributed by atoms with E-state index in [1.165, 1.54) is 11.0 Å². The third-order valence-corrected chi connectivity index (χ3v) is 5.80. The molecule has 3 aromatic carbocycles. The molecule has 1 heterocycles. The van der Waals surface area contributed by atoms with Crippen molar-refractivity contribution >= 4 is 35.3 Å². The Balaban J connectivity index is 1.56. The molecule has 0 saturated carbocycles. The Morgan fingerprint density at radius 3 is 2.33 bits per heavy atom. The number of hydrogen-bond donors (Lipinski definition) is 1. The molecular formula is C29H27ClN4O2. The highest BCUT2D eigenvalue weighted by atomic mass is 35.5. The highest BCUT2D eigenvalue weighted by Crippen LogP contribution is 2.28. The maximum Gasteiger partial charge on any atom is 0.247 e. The van der Waals surface area contributed by atoms with Gasteiger partial charge in [0.2, 0.25) is 11.8 Å². The van der Waals surface area contributed by atoms with Gasteiger partial charge in [-0.2, -0.15) is 5.10 Å². The van der Waals surface area contributed by atoms with Crippen molar-refractivity contribution in [3.63, 3.8) is 0 Å². The first kappa shape index (κ1) is 24.9. The number of para-hydroxylation sites is 1. The summed E-state index contributed by atoms with van der Waals surface area (Å²) in [6.07, 6.45) is 3.98. The van der Waals surface area contributed by atoms with Crippen LogP contribution in [0.15, 0.2) is 97.1 Å². The van der Waals surface area contributed by atoms with E-state index in [9.17, 15) is 9.59 Å². The number of benzene rings is 3. The number of nitrogens with zero attached hydrogens (tertiary/aromatic N) is 3. The van der Waals surface area contributed by atoms with Gasteiger partial charge in [-0.25, -0.2) is 4.68 Å². The summed E-state index contributed by atoms with van der Waals surface area (Å²) in [5, 5.41) is 8.14. The summed E-state index contributed by atoms with van der Waals surface area (Å²) in [6.45, 7) is 2.35. The van der Waals surface area contributed by atoms with Gasteiger partial charge >= 0.3 is 0 Å². The fraction of sp³-hybridized carbons (Fsp3) is 0.138. The molecule has 7 heteroatoms. The predicted molar refractivity (Wildman–Crippen MR) is 145 cm³/mol. The van der Waals surface area contributed by atoms with Crippen LogP contribution in [0.1, 0.15) is 18.9 Å². The van der Waals surface area contributed by atoms with Gasteiger partial charge in [0.05, 0.1) is 16.4 Å². The second kappa shape index (κ2) is 12.0. The van der Waals surface area contributed by atoms with Gasteiger partial charge in [0.25, 0.3) is 0 Å². The Bertz CT molecular complexity index is 1350. The Hall–Kier alpha value is -4.16. The number of anilines is 1. The zero-order valence-corrected chi connectivity index (χ0v) is 20.7. The molecule has 2 amide bonds. The van der Waals surface area contributed by atoms with Crippen LogP contribution in [0.5, 0.6) is 0 Å². The fourth-order valence-electron chi connectivity index (χ4n) is 3.76. The highest BCUT2D eigenvalue weighted by Gasteiger charge is 2.19. The lowest BCUT2D eigenvalue weighted by Gasteiger charge is -2.20. The topological polar surface area (TPSA) is 67.2 Å². The molecule has 4 rings (SSSR count). The summed E-state index contributed by atoms with van der Waals surface area (Å²) < 4.78 is 1.61. The van der Waals surface area contributed by atoms with Gasteiger partial charge in [-0.1, -0.05) is 91.3 Å². The van der Waals surface area contributed by atoms with Gasteiger partial charge in [-0.3, -0.25) is 9.59 Å². The lowest BCUT2D eigenvalue weighted by Crippen LogP contribution is -2.37. The molecule has 0 spiro atoms. The van der Waals surface area contributed by atoms with Gasteiger partial charge < -0.3 is 10.2 Å². The van der Waals surface area contributed by atoms with Gasteiger partial charge in [-0.15, -0.1) is 0 Å². The molecule has 4 aromatic rings. The number of hydrogen-bond acceptors (Lipinski definition) is 3. The zero-order valence-electron chi connectivity index (χ0n) is 20.0. The van der Waals surface area contributed by atoms with Crippen LogP contribution in [0.4, 0.5) is 5.82 Å². The smallest absolute Gasteiger partial charge is 0.247 e. The molecule has 6 nitrogen and oxygen atoms in total. The van der Waals surface area contributed by atoms with Crippen LogP contribution >= 0.6 is 11.6 Å².